The van der Waals surface area contributed by atoms with Gasteiger partial charge in [0.2, 0.25) is 6.79 Å². The van der Waals surface area contributed by atoms with Crippen LogP contribution in [-0.2, 0) is 6.42 Å². The number of amides is 1. The molecule has 0 atom stereocenters. The van der Waals surface area contributed by atoms with E-state index in [1.54, 1.807) is 19.1 Å². The maximum absolute atomic E-state index is 12.1. The van der Waals surface area contributed by atoms with E-state index >= 15 is 0 Å². The molecule has 1 N–H and O–H groups in total. The second kappa shape index (κ2) is 6.57. The first kappa shape index (κ1) is 15.8. The van der Waals surface area contributed by atoms with Gasteiger partial charge in [0.15, 0.2) is 11.5 Å². The number of hydrogen-bond acceptors (Lipinski definition) is 5. The number of nitro benzene ring substituents is 1. The van der Waals surface area contributed by atoms with Crippen molar-refractivity contribution in [3.8, 4) is 11.5 Å². The molecule has 1 aliphatic rings. The summed E-state index contributed by atoms with van der Waals surface area (Å²) in [5.74, 6) is 1.08. The molecule has 7 heteroatoms. The van der Waals surface area contributed by atoms with E-state index in [-0.39, 0.29) is 24.0 Å². The largest absolute Gasteiger partial charge is 0.454 e. The Morgan fingerprint density at radius 3 is 2.79 bits per heavy atom. The summed E-state index contributed by atoms with van der Waals surface area (Å²) in [6.07, 6.45) is 0.621. The van der Waals surface area contributed by atoms with Gasteiger partial charge in [-0.05, 0) is 37.1 Å². The van der Waals surface area contributed by atoms with Gasteiger partial charge in [0.05, 0.1) is 4.92 Å². The molecule has 2 aromatic rings. The summed E-state index contributed by atoms with van der Waals surface area (Å²) in [5.41, 5.74) is 1.75. The predicted molar refractivity (Wildman–Crippen MR) is 86.4 cm³/mol. The van der Waals surface area contributed by atoms with Gasteiger partial charge in [-0.25, -0.2) is 0 Å². The third kappa shape index (κ3) is 3.29. The molecule has 0 saturated carbocycles. The molecule has 124 valence electrons. The first-order chi connectivity index (χ1) is 11.5. The summed E-state index contributed by atoms with van der Waals surface area (Å²) < 4.78 is 10.6. The van der Waals surface area contributed by atoms with Gasteiger partial charge in [0, 0.05) is 23.7 Å². The van der Waals surface area contributed by atoms with E-state index in [0.29, 0.717) is 24.3 Å². The molecule has 0 unspecified atom stereocenters. The monoisotopic (exact) mass is 328 g/mol. The van der Waals surface area contributed by atoms with Crippen LogP contribution in [0.1, 0.15) is 21.5 Å². The number of rotatable bonds is 5. The maximum atomic E-state index is 12.1. The molecular formula is C17H16N2O5. The van der Waals surface area contributed by atoms with Crippen LogP contribution < -0.4 is 14.8 Å². The summed E-state index contributed by atoms with van der Waals surface area (Å²) in [5, 5.41) is 13.7. The van der Waals surface area contributed by atoms with Crippen LogP contribution in [0, 0.1) is 17.0 Å². The average molecular weight is 328 g/mol. The number of nitro groups is 1. The molecule has 1 aliphatic heterocycles. The number of hydrogen-bond donors (Lipinski definition) is 1. The molecule has 0 fully saturated rings. The van der Waals surface area contributed by atoms with Crippen molar-refractivity contribution in [3.05, 3.63) is 63.2 Å². The number of benzene rings is 2. The highest BCUT2D eigenvalue weighted by atomic mass is 16.7. The van der Waals surface area contributed by atoms with Crippen molar-refractivity contribution in [1.82, 2.24) is 5.32 Å². The summed E-state index contributed by atoms with van der Waals surface area (Å²) in [6, 6.07) is 10.1. The minimum Gasteiger partial charge on any atom is -0.454 e. The predicted octanol–water partition coefficient (Wildman–Crippen LogP) is 2.60. The fraction of sp³-hybridized carbons (Fsp3) is 0.235. The Balaban J connectivity index is 1.60. The van der Waals surface area contributed by atoms with Crippen molar-refractivity contribution in [2.24, 2.45) is 0 Å². The zero-order valence-electron chi connectivity index (χ0n) is 13.1. The lowest BCUT2D eigenvalue weighted by Gasteiger charge is -2.07. The van der Waals surface area contributed by atoms with Crippen molar-refractivity contribution in [2.75, 3.05) is 13.3 Å². The number of fused-ring (bicyclic) bond motifs is 1. The highest BCUT2D eigenvalue weighted by Gasteiger charge is 2.15. The zero-order valence-corrected chi connectivity index (χ0v) is 13.1. The fourth-order valence-electron chi connectivity index (χ4n) is 2.47. The van der Waals surface area contributed by atoms with Crippen molar-refractivity contribution in [2.45, 2.75) is 13.3 Å². The van der Waals surface area contributed by atoms with Crippen LogP contribution in [-0.4, -0.2) is 24.2 Å². The number of aryl methyl sites for hydroxylation is 1. The van der Waals surface area contributed by atoms with Crippen LogP contribution >= 0.6 is 0 Å². The summed E-state index contributed by atoms with van der Waals surface area (Å²) >= 11 is 0. The molecule has 7 nitrogen and oxygen atoms in total. The van der Waals surface area contributed by atoms with Gasteiger partial charge in [-0.1, -0.05) is 12.1 Å². The van der Waals surface area contributed by atoms with Crippen LogP contribution in [0.4, 0.5) is 5.69 Å². The van der Waals surface area contributed by atoms with E-state index < -0.39 is 4.92 Å². The number of carbonyl (C=O) groups excluding carboxylic acids is 1. The highest BCUT2D eigenvalue weighted by molar-refractivity contribution is 5.94. The normalized spacial score (nSPS) is 12.0. The Bertz CT molecular complexity index is 804. The van der Waals surface area contributed by atoms with Crippen molar-refractivity contribution in [3.63, 3.8) is 0 Å². The Hall–Kier alpha value is -3.09. The van der Waals surface area contributed by atoms with Crippen LogP contribution in [0.2, 0.25) is 0 Å². The molecule has 0 aliphatic carbocycles. The molecule has 0 aromatic heterocycles. The number of carbonyl (C=O) groups is 1. The van der Waals surface area contributed by atoms with Gasteiger partial charge in [-0.15, -0.1) is 0 Å². The van der Waals surface area contributed by atoms with Gasteiger partial charge >= 0.3 is 0 Å². The highest BCUT2D eigenvalue weighted by Crippen LogP contribution is 2.32. The Morgan fingerprint density at radius 1 is 1.21 bits per heavy atom. The standard InChI is InChI=1S/C17H16N2O5/c1-11-2-4-13(9-14(11)19(21)22)17(20)18-7-6-12-3-5-15-16(8-12)24-10-23-15/h2-5,8-9H,6-7,10H2,1H3,(H,18,20). The fourth-order valence-corrected chi connectivity index (χ4v) is 2.47. The summed E-state index contributed by atoms with van der Waals surface area (Å²) in [4.78, 5) is 22.6. The van der Waals surface area contributed by atoms with E-state index in [2.05, 4.69) is 5.32 Å². The van der Waals surface area contributed by atoms with E-state index in [0.717, 1.165) is 11.3 Å². The average Bonchev–Trinajstić information content (AvgIpc) is 3.02. The van der Waals surface area contributed by atoms with Gasteiger partial charge < -0.3 is 14.8 Å². The minimum absolute atomic E-state index is 0.0570. The SMILES string of the molecule is Cc1ccc(C(=O)NCCc2ccc3c(c2)OCO3)cc1[N+](=O)[O-]. The Morgan fingerprint density at radius 2 is 2.00 bits per heavy atom. The lowest BCUT2D eigenvalue weighted by Crippen LogP contribution is -2.25. The molecule has 0 radical (unpaired) electrons. The number of nitrogens with one attached hydrogen (secondary N) is 1. The molecule has 0 spiro atoms. The van der Waals surface area contributed by atoms with Gasteiger partial charge in [0.1, 0.15) is 0 Å². The van der Waals surface area contributed by atoms with Crippen LogP contribution in [0.3, 0.4) is 0 Å². The molecule has 0 bridgehead atoms. The molecular weight excluding hydrogens is 312 g/mol. The minimum atomic E-state index is -0.487. The lowest BCUT2D eigenvalue weighted by molar-refractivity contribution is -0.385. The summed E-state index contributed by atoms with van der Waals surface area (Å²) in [6.45, 7) is 2.28. The van der Waals surface area contributed by atoms with Crippen molar-refractivity contribution < 1.29 is 19.2 Å². The van der Waals surface area contributed by atoms with Gasteiger partial charge in [0.25, 0.3) is 11.6 Å². The zero-order chi connectivity index (χ0) is 17.1. The first-order valence-corrected chi connectivity index (χ1v) is 7.46. The third-order valence-electron chi connectivity index (χ3n) is 3.80. The number of nitrogens with zero attached hydrogens (tertiary/aromatic N) is 1. The molecule has 3 rings (SSSR count). The van der Waals surface area contributed by atoms with Crippen LogP contribution in [0.15, 0.2) is 36.4 Å². The van der Waals surface area contributed by atoms with E-state index in [4.69, 9.17) is 9.47 Å². The second-order valence-corrected chi connectivity index (χ2v) is 5.45. The van der Waals surface area contributed by atoms with Crippen LogP contribution in [0.25, 0.3) is 0 Å². The van der Waals surface area contributed by atoms with Crippen molar-refractivity contribution >= 4 is 11.6 Å². The molecule has 2 aromatic carbocycles. The number of ether oxygens (including phenoxy) is 2. The van der Waals surface area contributed by atoms with E-state index in [1.165, 1.54) is 6.07 Å². The van der Waals surface area contributed by atoms with Gasteiger partial charge in [-0.3, -0.25) is 14.9 Å². The van der Waals surface area contributed by atoms with E-state index in [9.17, 15) is 14.9 Å². The lowest BCUT2D eigenvalue weighted by atomic mass is 10.1. The third-order valence-corrected chi connectivity index (χ3v) is 3.80. The maximum Gasteiger partial charge on any atom is 0.273 e. The molecule has 24 heavy (non-hydrogen) atoms. The topological polar surface area (TPSA) is 90.7 Å². The quantitative estimate of drug-likeness (QED) is 0.673. The van der Waals surface area contributed by atoms with Crippen LogP contribution in [0.5, 0.6) is 11.5 Å². The Labute approximate surface area is 138 Å². The molecule has 1 amide bonds. The van der Waals surface area contributed by atoms with Gasteiger partial charge in [-0.2, -0.15) is 0 Å². The van der Waals surface area contributed by atoms with E-state index in [1.807, 2.05) is 18.2 Å². The van der Waals surface area contributed by atoms with Crippen molar-refractivity contribution in [1.29, 1.82) is 0 Å². The molecule has 1 heterocycles. The smallest absolute Gasteiger partial charge is 0.273 e. The first-order valence-electron chi connectivity index (χ1n) is 7.46. The Kier molecular flexibility index (Phi) is 4.33. The molecule has 0 saturated heterocycles. The second-order valence-electron chi connectivity index (χ2n) is 5.45. The summed E-state index contributed by atoms with van der Waals surface area (Å²) in [7, 11) is 0.